The summed E-state index contributed by atoms with van der Waals surface area (Å²) in [5.41, 5.74) is 11.4. The Balaban J connectivity index is 1.27. The van der Waals surface area contributed by atoms with Crippen LogP contribution in [0.15, 0.2) is 152 Å². The van der Waals surface area contributed by atoms with Crippen LogP contribution in [0.3, 0.4) is 0 Å². The van der Waals surface area contributed by atoms with Crippen molar-refractivity contribution in [2.75, 3.05) is 4.90 Å². The summed E-state index contributed by atoms with van der Waals surface area (Å²) in [6.07, 6.45) is 25.8. The van der Waals surface area contributed by atoms with Crippen molar-refractivity contribution in [1.82, 2.24) is 9.55 Å². The first-order chi connectivity index (χ1) is 23.8. The van der Waals surface area contributed by atoms with E-state index in [2.05, 4.69) is 167 Å². The zero-order valence-corrected chi connectivity index (χ0v) is 26.7. The van der Waals surface area contributed by atoms with Crippen molar-refractivity contribution in [2.45, 2.75) is 37.1 Å². The van der Waals surface area contributed by atoms with Crippen molar-refractivity contribution >= 4 is 39.3 Å². The Kier molecular flexibility index (Phi) is 6.26. The van der Waals surface area contributed by atoms with Crippen molar-refractivity contribution in [3.8, 4) is 16.8 Å². The van der Waals surface area contributed by atoms with Gasteiger partial charge in [-0.1, -0.05) is 121 Å². The number of aromatic nitrogens is 2. The van der Waals surface area contributed by atoms with Gasteiger partial charge in [-0.15, -0.1) is 0 Å². The standard InChI is InChI=1S/C45H35N3/c1-2-14-30(15-3-1)38-29-33(28-32-17-4-6-18-34(32)38)47-40-23-11-7-19-35(40)44-36-20-8-12-24-41(36)48(42-25-13-9-21-37(42)45(44)47)43-27-26-31-16-5-10-22-39(31)46-43/h1-9,11-14,16-21,23-30,37,42H,10,15,22H2. The Morgan fingerprint density at radius 2 is 1.54 bits per heavy atom. The Hall–Kier alpha value is -5.67. The molecule has 2 aromatic heterocycles. The van der Waals surface area contributed by atoms with Gasteiger partial charge in [0.05, 0.1) is 22.9 Å². The van der Waals surface area contributed by atoms with Crippen LogP contribution >= 0.6 is 0 Å². The van der Waals surface area contributed by atoms with Gasteiger partial charge in [0.25, 0.3) is 0 Å². The van der Waals surface area contributed by atoms with E-state index in [0.29, 0.717) is 5.92 Å². The molecular formula is C45H35N3. The lowest BCUT2D eigenvalue weighted by atomic mass is 9.87. The smallest absolute Gasteiger partial charge is 0.133 e. The summed E-state index contributed by atoms with van der Waals surface area (Å²) >= 11 is 0. The number of para-hydroxylation sites is 2. The highest BCUT2D eigenvalue weighted by atomic mass is 15.2. The van der Waals surface area contributed by atoms with E-state index < -0.39 is 0 Å². The number of aryl methyl sites for hydroxylation is 1. The van der Waals surface area contributed by atoms with Crippen LogP contribution in [-0.2, 0) is 6.42 Å². The third kappa shape index (κ3) is 4.17. The summed E-state index contributed by atoms with van der Waals surface area (Å²) in [5, 5.41) is 3.89. The van der Waals surface area contributed by atoms with E-state index in [1.165, 1.54) is 66.7 Å². The molecular weight excluding hydrogens is 583 g/mol. The van der Waals surface area contributed by atoms with Crippen molar-refractivity contribution in [3.05, 3.63) is 174 Å². The number of anilines is 2. The second-order valence-electron chi connectivity index (χ2n) is 13.3. The number of fused-ring (bicyclic) bond motifs is 9. The molecule has 0 saturated carbocycles. The SMILES string of the molecule is C1=CCC(c2cc(-n3c4c(c5ccccc53)-c3ccccc3N(c3ccc5c(n3)CCC=C5)C3C=CC=CC43)cc3ccccc23)C=C1. The van der Waals surface area contributed by atoms with Crippen LogP contribution in [0.1, 0.15) is 47.2 Å². The predicted molar refractivity (Wildman–Crippen MR) is 200 cm³/mol. The fourth-order valence-electron chi connectivity index (χ4n) is 8.55. The van der Waals surface area contributed by atoms with Crippen LogP contribution in [0.4, 0.5) is 11.5 Å². The van der Waals surface area contributed by atoms with Gasteiger partial charge in [-0.2, -0.15) is 0 Å². The van der Waals surface area contributed by atoms with E-state index in [9.17, 15) is 0 Å². The van der Waals surface area contributed by atoms with Crippen LogP contribution in [0.25, 0.3) is 44.6 Å². The summed E-state index contributed by atoms with van der Waals surface area (Å²) < 4.78 is 2.58. The molecule has 0 saturated heterocycles. The minimum atomic E-state index is 0.0523. The van der Waals surface area contributed by atoms with Crippen molar-refractivity contribution in [1.29, 1.82) is 0 Å². The van der Waals surface area contributed by atoms with E-state index in [1.807, 2.05) is 0 Å². The van der Waals surface area contributed by atoms with Crippen LogP contribution in [0.2, 0.25) is 0 Å². The van der Waals surface area contributed by atoms with Gasteiger partial charge in [0.15, 0.2) is 0 Å². The molecule has 0 fully saturated rings. The number of allylic oxidation sites excluding steroid dienone is 7. The van der Waals surface area contributed by atoms with Gasteiger partial charge in [-0.3, -0.25) is 0 Å². The lowest BCUT2D eigenvalue weighted by molar-refractivity contribution is 0.665. The molecule has 0 radical (unpaired) electrons. The lowest BCUT2D eigenvalue weighted by Gasteiger charge is -2.36. The Labute approximate surface area is 281 Å². The molecule has 230 valence electrons. The highest BCUT2D eigenvalue weighted by Gasteiger charge is 2.39. The monoisotopic (exact) mass is 617 g/mol. The molecule has 3 aliphatic carbocycles. The number of benzene rings is 4. The van der Waals surface area contributed by atoms with E-state index >= 15 is 0 Å². The molecule has 0 amide bonds. The van der Waals surface area contributed by atoms with E-state index in [-0.39, 0.29) is 12.0 Å². The molecule has 3 heteroatoms. The highest BCUT2D eigenvalue weighted by molar-refractivity contribution is 6.04. The van der Waals surface area contributed by atoms with Crippen molar-refractivity contribution < 1.29 is 0 Å². The number of hydrogen-bond donors (Lipinski definition) is 0. The van der Waals surface area contributed by atoms with Gasteiger partial charge in [0.1, 0.15) is 5.82 Å². The maximum absolute atomic E-state index is 5.35. The number of pyridine rings is 1. The molecule has 4 aliphatic rings. The number of nitrogens with zero attached hydrogens (tertiary/aromatic N) is 3. The fraction of sp³-hybridized carbons (Fsp3) is 0.133. The third-order valence-electron chi connectivity index (χ3n) is 10.7. The predicted octanol–water partition coefficient (Wildman–Crippen LogP) is 11.1. The second kappa shape index (κ2) is 11.0. The first-order valence-corrected chi connectivity index (χ1v) is 17.2. The summed E-state index contributed by atoms with van der Waals surface area (Å²) in [7, 11) is 0. The number of hydrogen-bond acceptors (Lipinski definition) is 2. The average molecular weight is 618 g/mol. The van der Waals surface area contributed by atoms with E-state index in [0.717, 1.165) is 25.1 Å². The largest absolute Gasteiger partial charge is 0.318 e. The number of rotatable bonds is 3. The summed E-state index contributed by atoms with van der Waals surface area (Å²) in [4.78, 5) is 7.86. The molecule has 0 N–H and O–H groups in total. The van der Waals surface area contributed by atoms with E-state index in [4.69, 9.17) is 4.98 Å². The zero-order valence-electron chi connectivity index (χ0n) is 26.7. The van der Waals surface area contributed by atoms with Gasteiger partial charge in [-0.05, 0) is 77.6 Å². The lowest BCUT2D eigenvalue weighted by Crippen LogP contribution is -2.35. The first kappa shape index (κ1) is 27.4. The van der Waals surface area contributed by atoms with E-state index in [1.54, 1.807) is 0 Å². The third-order valence-corrected chi connectivity index (χ3v) is 10.7. The summed E-state index contributed by atoms with van der Waals surface area (Å²) in [5.74, 6) is 1.44. The van der Waals surface area contributed by atoms with Crippen LogP contribution < -0.4 is 4.90 Å². The highest BCUT2D eigenvalue weighted by Crippen LogP contribution is 2.52. The molecule has 6 aromatic rings. The quantitative estimate of drug-likeness (QED) is 0.197. The molecule has 4 aromatic carbocycles. The van der Waals surface area contributed by atoms with Gasteiger partial charge >= 0.3 is 0 Å². The first-order valence-electron chi connectivity index (χ1n) is 17.2. The molecule has 3 unspecified atom stereocenters. The molecule has 1 aliphatic heterocycles. The fourth-order valence-corrected chi connectivity index (χ4v) is 8.55. The molecule has 3 heterocycles. The maximum Gasteiger partial charge on any atom is 0.133 e. The van der Waals surface area contributed by atoms with Crippen LogP contribution in [-0.4, -0.2) is 15.6 Å². The second-order valence-corrected chi connectivity index (χ2v) is 13.3. The topological polar surface area (TPSA) is 21.1 Å². The summed E-state index contributed by atoms with van der Waals surface area (Å²) in [6, 6.07) is 36.3. The van der Waals surface area contributed by atoms with Gasteiger partial charge in [-0.25, -0.2) is 4.98 Å². The van der Waals surface area contributed by atoms with Gasteiger partial charge in [0, 0.05) is 39.7 Å². The minimum Gasteiger partial charge on any atom is -0.318 e. The van der Waals surface area contributed by atoms with Crippen LogP contribution in [0, 0.1) is 0 Å². The minimum absolute atomic E-state index is 0.0523. The van der Waals surface area contributed by atoms with Gasteiger partial charge in [0.2, 0.25) is 0 Å². The normalized spacial score (nSPS) is 20.4. The average Bonchev–Trinajstić information content (AvgIpc) is 3.44. The van der Waals surface area contributed by atoms with Gasteiger partial charge < -0.3 is 9.47 Å². The molecule has 10 rings (SSSR count). The molecule has 3 nitrogen and oxygen atoms in total. The molecule has 0 spiro atoms. The Morgan fingerprint density at radius 1 is 0.708 bits per heavy atom. The molecule has 48 heavy (non-hydrogen) atoms. The van der Waals surface area contributed by atoms with Crippen molar-refractivity contribution in [2.24, 2.45) is 0 Å². The maximum atomic E-state index is 5.35. The summed E-state index contributed by atoms with van der Waals surface area (Å²) in [6.45, 7) is 0. The molecule has 0 bridgehead atoms. The van der Waals surface area contributed by atoms with Crippen LogP contribution in [0.5, 0.6) is 0 Å². The Bertz CT molecular complexity index is 2410. The zero-order chi connectivity index (χ0) is 31.6. The molecule has 3 atom stereocenters. The Morgan fingerprint density at radius 3 is 2.48 bits per heavy atom. The van der Waals surface area contributed by atoms with Crippen molar-refractivity contribution in [3.63, 3.8) is 0 Å².